The van der Waals surface area contributed by atoms with Crippen LogP contribution in [-0.4, -0.2) is 6.54 Å². The first-order chi connectivity index (χ1) is 7.90. The predicted molar refractivity (Wildman–Crippen MR) is 64.7 cm³/mol. The van der Waals surface area contributed by atoms with E-state index in [2.05, 4.69) is 0 Å². The van der Waals surface area contributed by atoms with E-state index in [9.17, 15) is 0 Å². The average Bonchev–Trinajstić information content (AvgIpc) is 2.93. The van der Waals surface area contributed by atoms with Crippen LogP contribution in [0, 0.1) is 0 Å². The van der Waals surface area contributed by atoms with Gasteiger partial charge in [0.1, 0.15) is 11.5 Å². The summed E-state index contributed by atoms with van der Waals surface area (Å²) in [5.74, 6) is 3.30. The summed E-state index contributed by atoms with van der Waals surface area (Å²) in [4.78, 5) is 0. The third-order valence-electron chi connectivity index (χ3n) is 4.18. The number of fused-ring (bicyclic) bond motifs is 1. The molecule has 0 atom stereocenters. The summed E-state index contributed by atoms with van der Waals surface area (Å²) in [6, 6.07) is 0. The van der Waals surface area contributed by atoms with Crippen molar-refractivity contribution in [3.8, 4) is 0 Å². The number of aryl methyl sites for hydroxylation is 1. The molecule has 0 unspecified atom stereocenters. The van der Waals surface area contributed by atoms with Crippen LogP contribution >= 0.6 is 0 Å². The van der Waals surface area contributed by atoms with Crippen LogP contribution in [0.15, 0.2) is 4.42 Å². The second-order valence-corrected chi connectivity index (χ2v) is 5.22. The van der Waals surface area contributed by atoms with Gasteiger partial charge in [-0.25, -0.2) is 0 Å². The normalized spacial score (nSPS) is 20.6. The number of furan rings is 1. The van der Waals surface area contributed by atoms with Crippen LogP contribution in [0.4, 0.5) is 0 Å². The van der Waals surface area contributed by atoms with Crippen molar-refractivity contribution in [3.05, 3.63) is 22.6 Å². The van der Waals surface area contributed by atoms with E-state index in [1.807, 2.05) is 0 Å². The molecule has 1 aromatic heterocycles. The summed E-state index contributed by atoms with van der Waals surface area (Å²) in [5, 5.41) is 0. The molecule has 2 aliphatic carbocycles. The van der Waals surface area contributed by atoms with Gasteiger partial charge in [-0.3, -0.25) is 0 Å². The van der Waals surface area contributed by atoms with Gasteiger partial charge in [-0.05, 0) is 49.8 Å². The molecule has 2 heteroatoms. The Bertz CT molecular complexity index is 374. The lowest BCUT2D eigenvalue weighted by Crippen LogP contribution is -2.07. The van der Waals surface area contributed by atoms with Crippen LogP contribution < -0.4 is 5.73 Å². The van der Waals surface area contributed by atoms with Crippen molar-refractivity contribution in [2.45, 2.75) is 57.3 Å². The van der Waals surface area contributed by atoms with Crippen molar-refractivity contribution < 1.29 is 4.42 Å². The van der Waals surface area contributed by atoms with Crippen LogP contribution in [0.5, 0.6) is 0 Å². The molecule has 88 valence electrons. The summed E-state index contributed by atoms with van der Waals surface area (Å²) in [6.07, 6.45) is 10.1. The molecule has 0 aromatic carbocycles. The lowest BCUT2D eigenvalue weighted by atomic mass is 9.96. The van der Waals surface area contributed by atoms with Gasteiger partial charge in [0.25, 0.3) is 0 Å². The zero-order valence-corrected chi connectivity index (χ0v) is 9.93. The van der Waals surface area contributed by atoms with Crippen molar-refractivity contribution in [2.24, 2.45) is 5.73 Å². The van der Waals surface area contributed by atoms with Gasteiger partial charge in [0.15, 0.2) is 0 Å². The summed E-state index contributed by atoms with van der Waals surface area (Å²) < 4.78 is 6.14. The van der Waals surface area contributed by atoms with E-state index in [0.29, 0.717) is 5.92 Å². The van der Waals surface area contributed by atoms with Crippen molar-refractivity contribution >= 4 is 0 Å². The third-order valence-corrected chi connectivity index (χ3v) is 4.18. The number of rotatable bonds is 3. The Labute approximate surface area is 97.2 Å². The predicted octanol–water partition coefficient (Wildman–Crippen LogP) is 2.93. The van der Waals surface area contributed by atoms with Crippen molar-refractivity contribution in [1.82, 2.24) is 0 Å². The minimum atomic E-state index is 0.701. The lowest BCUT2D eigenvalue weighted by molar-refractivity contribution is 0.430. The minimum Gasteiger partial charge on any atom is -0.465 e. The molecular weight excluding hydrogens is 198 g/mol. The second-order valence-electron chi connectivity index (χ2n) is 5.22. The van der Waals surface area contributed by atoms with Gasteiger partial charge in [-0.15, -0.1) is 0 Å². The van der Waals surface area contributed by atoms with E-state index >= 15 is 0 Å². The lowest BCUT2D eigenvalue weighted by Gasteiger charge is -2.09. The van der Waals surface area contributed by atoms with Crippen LogP contribution in [0.1, 0.15) is 60.7 Å². The van der Waals surface area contributed by atoms with E-state index in [4.69, 9.17) is 10.2 Å². The zero-order chi connectivity index (χ0) is 11.0. The Morgan fingerprint density at radius 1 is 1.12 bits per heavy atom. The number of nitrogens with two attached hydrogens (primary N) is 1. The van der Waals surface area contributed by atoms with Gasteiger partial charge in [-0.2, -0.15) is 0 Å². The average molecular weight is 219 g/mol. The van der Waals surface area contributed by atoms with Crippen LogP contribution in [-0.2, 0) is 19.3 Å². The molecule has 1 fully saturated rings. The summed E-state index contributed by atoms with van der Waals surface area (Å²) in [7, 11) is 0. The van der Waals surface area contributed by atoms with Crippen molar-refractivity contribution in [1.29, 1.82) is 0 Å². The number of hydrogen-bond acceptors (Lipinski definition) is 2. The smallest absolute Gasteiger partial charge is 0.110 e. The maximum Gasteiger partial charge on any atom is 0.110 e. The standard InChI is InChI=1S/C14H21NO/c15-9-8-12-11-6-3-7-13(11)16-14(12)10-4-1-2-5-10/h10H,1-9,15H2. The fourth-order valence-electron chi connectivity index (χ4n) is 3.43. The molecule has 0 radical (unpaired) electrons. The first kappa shape index (κ1) is 10.4. The molecule has 2 nitrogen and oxygen atoms in total. The molecule has 1 heterocycles. The highest BCUT2D eigenvalue weighted by atomic mass is 16.3. The van der Waals surface area contributed by atoms with Crippen LogP contribution in [0.3, 0.4) is 0 Å². The summed E-state index contributed by atoms with van der Waals surface area (Å²) in [6.45, 7) is 0.756. The van der Waals surface area contributed by atoms with Gasteiger partial charge >= 0.3 is 0 Å². The minimum absolute atomic E-state index is 0.701. The van der Waals surface area contributed by atoms with Gasteiger partial charge in [-0.1, -0.05) is 12.8 Å². The molecule has 0 saturated heterocycles. The molecule has 1 aromatic rings. The monoisotopic (exact) mass is 219 g/mol. The Morgan fingerprint density at radius 2 is 1.94 bits per heavy atom. The largest absolute Gasteiger partial charge is 0.465 e. The molecule has 2 N–H and O–H groups in total. The number of hydrogen-bond donors (Lipinski definition) is 1. The van der Waals surface area contributed by atoms with Gasteiger partial charge in [0.05, 0.1) is 0 Å². The maximum atomic E-state index is 6.14. The third kappa shape index (κ3) is 1.60. The molecule has 0 amide bonds. The van der Waals surface area contributed by atoms with Crippen LogP contribution in [0.2, 0.25) is 0 Å². The Morgan fingerprint density at radius 3 is 2.69 bits per heavy atom. The summed E-state index contributed by atoms with van der Waals surface area (Å²) in [5.41, 5.74) is 8.75. The van der Waals surface area contributed by atoms with E-state index in [1.165, 1.54) is 61.2 Å². The Balaban J connectivity index is 1.96. The molecule has 3 rings (SSSR count). The maximum absolute atomic E-state index is 6.14. The SMILES string of the molecule is NCCc1c(C2CCCC2)oc2c1CCC2. The molecule has 0 bridgehead atoms. The van der Waals surface area contributed by atoms with E-state index in [-0.39, 0.29) is 0 Å². The Kier molecular flexibility index (Phi) is 2.76. The first-order valence-electron chi connectivity index (χ1n) is 6.73. The quantitative estimate of drug-likeness (QED) is 0.849. The van der Waals surface area contributed by atoms with Crippen molar-refractivity contribution in [2.75, 3.05) is 6.54 Å². The molecule has 0 aliphatic heterocycles. The van der Waals surface area contributed by atoms with Gasteiger partial charge in [0.2, 0.25) is 0 Å². The highest BCUT2D eigenvalue weighted by molar-refractivity contribution is 5.38. The van der Waals surface area contributed by atoms with Crippen molar-refractivity contribution in [3.63, 3.8) is 0 Å². The Hall–Kier alpha value is -0.760. The molecular formula is C14H21NO. The zero-order valence-electron chi connectivity index (χ0n) is 9.93. The fourth-order valence-corrected chi connectivity index (χ4v) is 3.43. The topological polar surface area (TPSA) is 39.2 Å². The molecule has 1 saturated carbocycles. The van der Waals surface area contributed by atoms with Crippen LogP contribution in [0.25, 0.3) is 0 Å². The molecule has 2 aliphatic rings. The van der Waals surface area contributed by atoms with E-state index in [1.54, 1.807) is 0 Å². The first-order valence-corrected chi connectivity index (χ1v) is 6.73. The van der Waals surface area contributed by atoms with Gasteiger partial charge in [0, 0.05) is 12.3 Å². The van der Waals surface area contributed by atoms with E-state index < -0.39 is 0 Å². The van der Waals surface area contributed by atoms with Gasteiger partial charge < -0.3 is 10.2 Å². The summed E-state index contributed by atoms with van der Waals surface area (Å²) >= 11 is 0. The molecule has 0 spiro atoms. The molecule has 16 heavy (non-hydrogen) atoms. The highest BCUT2D eigenvalue weighted by Gasteiger charge is 2.29. The fraction of sp³-hybridized carbons (Fsp3) is 0.714. The van der Waals surface area contributed by atoms with E-state index in [0.717, 1.165) is 19.4 Å². The highest BCUT2D eigenvalue weighted by Crippen LogP contribution is 2.41. The second kappa shape index (κ2) is 4.25.